The van der Waals surface area contributed by atoms with Gasteiger partial charge in [-0.1, -0.05) is 27.7 Å². The molecule has 0 radical (unpaired) electrons. The zero-order chi connectivity index (χ0) is 11.5. The number of rotatable bonds is 3. The number of hydrogen-bond donors (Lipinski definition) is 1. The van der Waals surface area contributed by atoms with Crippen LogP contribution in [-0.2, 0) is 0 Å². The minimum absolute atomic E-state index is 0.359. The van der Waals surface area contributed by atoms with Gasteiger partial charge in [0.15, 0.2) is 0 Å². The van der Waals surface area contributed by atoms with Crippen molar-refractivity contribution in [3.63, 3.8) is 0 Å². The van der Waals surface area contributed by atoms with Crippen molar-refractivity contribution in [3.05, 3.63) is 0 Å². The van der Waals surface area contributed by atoms with Gasteiger partial charge in [-0.2, -0.15) is 0 Å². The molecule has 1 unspecified atom stereocenters. The number of nitrogens with zero attached hydrogens (tertiary/aromatic N) is 1. The Labute approximate surface area is 95.4 Å². The molecule has 1 N–H and O–H groups in total. The lowest BCUT2D eigenvalue weighted by molar-refractivity contribution is 0.140. The van der Waals surface area contributed by atoms with E-state index in [0.29, 0.717) is 11.5 Å². The van der Waals surface area contributed by atoms with Crippen LogP contribution in [0.5, 0.6) is 0 Å². The quantitative estimate of drug-likeness (QED) is 0.772. The van der Waals surface area contributed by atoms with Crippen LogP contribution in [0.1, 0.15) is 40.5 Å². The number of piperidine rings is 1. The third kappa shape index (κ3) is 4.12. The van der Waals surface area contributed by atoms with Gasteiger partial charge in [0.25, 0.3) is 0 Å². The van der Waals surface area contributed by atoms with Crippen molar-refractivity contribution in [2.24, 2.45) is 11.3 Å². The molecule has 0 aromatic heterocycles. The molecule has 1 heterocycles. The van der Waals surface area contributed by atoms with E-state index in [-0.39, 0.29) is 0 Å². The van der Waals surface area contributed by atoms with Crippen molar-refractivity contribution in [1.82, 2.24) is 10.2 Å². The minimum Gasteiger partial charge on any atom is -0.315 e. The van der Waals surface area contributed by atoms with E-state index in [2.05, 4.69) is 45.0 Å². The van der Waals surface area contributed by atoms with E-state index in [1.165, 1.54) is 32.5 Å². The number of nitrogens with one attached hydrogen (secondary N) is 1. The average molecular weight is 212 g/mol. The Morgan fingerprint density at radius 3 is 2.20 bits per heavy atom. The fraction of sp³-hybridized carbons (Fsp3) is 1.00. The Morgan fingerprint density at radius 2 is 1.80 bits per heavy atom. The summed E-state index contributed by atoms with van der Waals surface area (Å²) in [5, 5.41) is 3.46. The summed E-state index contributed by atoms with van der Waals surface area (Å²) in [4.78, 5) is 2.62. The molecule has 90 valence electrons. The largest absolute Gasteiger partial charge is 0.315 e. The molecule has 1 atom stereocenters. The van der Waals surface area contributed by atoms with Crippen LogP contribution < -0.4 is 5.32 Å². The fourth-order valence-electron chi connectivity index (χ4n) is 2.30. The lowest BCUT2D eigenvalue weighted by Gasteiger charge is -2.38. The van der Waals surface area contributed by atoms with Gasteiger partial charge < -0.3 is 10.2 Å². The zero-order valence-corrected chi connectivity index (χ0v) is 11.1. The first-order valence-corrected chi connectivity index (χ1v) is 6.33. The molecule has 1 saturated heterocycles. The highest BCUT2D eigenvalue weighted by Gasteiger charge is 2.26. The van der Waals surface area contributed by atoms with Crippen LogP contribution in [0, 0.1) is 11.3 Å². The normalized spacial score (nSPS) is 23.0. The summed E-state index contributed by atoms with van der Waals surface area (Å²) in [5.41, 5.74) is 0.359. The predicted octanol–water partition coefficient (Wildman–Crippen LogP) is 2.35. The molecule has 2 nitrogen and oxygen atoms in total. The second-order valence-corrected chi connectivity index (χ2v) is 6.19. The Kier molecular flexibility index (Phi) is 4.60. The first-order chi connectivity index (χ1) is 6.93. The average Bonchev–Trinajstić information content (AvgIpc) is 2.15. The van der Waals surface area contributed by atoms with Crippen LogP contribution in [0.2, 0.25) is 0 Å². The van der Waals surface area contributed by atoms with Crippen LogP contribution in [0.25, 0.3) is 0 Å². The molecule has 1 rings (SSSR count). The topological polar surface area (TPSA) is 15.3 Å². The highest BCUT2D eigenvalue weighted by atomic mass is 15.2. The summed E-state index contributed by atoms with van der Waals surface area (Å²) >= 11 is 0. The van der Waals surface area contributed by atoms with Gasteiger partial charge in [0.05, 0.1) is 0 Å². The summed E-state index contributed by atoms with van der Waals surface area (Å²) < 4.78 is 0. The van der Waals surface area contributed by atoms with Gasteiger partial charge in [0.2, 0.25) is 0 Å². The van der Waals surface area contributed by atoms with Gasteiger partial charge in [-0.25, -0.2) is 0 Å². The van der Waals surface area contributed by atoms with E-state index < -0.39 is 0 Å². The maximum atomic E-state index is 3.46. The molecular formula is C13H28N2. The summed E-state index contributed by atoms with van der Waals surface area (Å²) in [6.07, 6.45) is 2.75. The lowest BCUT2D eigenvalue weighted by Crippen LogP contribution is -2.48. The summed E-state index contributed by atoms with van der Waals surface area (Å²) in [6.45, 7) is 13.1. The van der Waals surface area contributed by atoms with E-state index >= 15 is 0 Å². The van der Waals surface area contributed by atoms with Crippen molar-refractivity contribution >= 4 is 0 Å². The van der Waals surface area contributed by atoms with E-state index in [1.54, 1.807) is 0 Å². The van der Waals surface area contributed by atoms with Gasteiger partial charge in [0, 0.05) is 12.6 Å². The van der Waals surface area contributed by atoms with E-state index in [4.69, 9.17) is 0 Å². The second-order valence-electron chi connectivity index (χ2n) is 6.19. The third-order valence-corrected chi connectivity index (χ3v) is 3.71. The van der Waals surface area contributed by atoms with E-state index in [0.717, 1.165) is 5.92 Å². The Morgan fingerprint density at radius 1 is 1.27 bits per heavy atom. The highest BCUT2D eigenvalue weighted by molar-refractivity contribution is 4.83. The number of likely N-dealkylation sites (tertiary alicyclic amines) is 1. The van der Waals surface area contributed by atoms with Crippen LogP contribution in [0.15, 0.2) is 0 Å². The van der Waals surface area contributed by atoms with Gasteiger partial charge in [0.1, 0.15) is 0 Å². The standard InChI is InChI=1S/C13H28N2/c1-11-6-8-15(9-7-11)10-12(14-5)13(2,3)4/h11-12,14H,6-10H2,1-5H3. The van der Waals surface area contributed by atoms with Crippen molar-refractivity contribution in [2.45, 2.75) is 46.6 Å². The minimum atomic E-state index is 0.359. The summed E-state index contributed by atoms with van der Waals surface area (Å²) in [5.74, 6) is 0.934. The molecule has 15 heavy (non-hydrogen) atoms. The Hall–Kier alpha value is -0.0800. The molecule has 0 amide bonds. The van der Waals surface area contributed by atoms with E-state index in [1.807, 2.05) is 0 Å². The summed E-state index contributed by atoms with van der Waals surface area (Å²) in [7, 11) is 2.09. The molecule has 2 heteroatoms. The molecule has 0 saturated carbocycles. The van der Waals surface area contributed by atoms with Crippen molar-refractivity contribution < 1.29 is 0 Å². The molecule has 1 fully saturated rings. The van der Waals surface area contributed by atoms with Crippen LogP contribution in [-0.4, -0.2) is 37.6 Å². The molecule has 0 aliphatic carbocycles. The van der Waals surface area contributed by atoms with Crippen molar-refractivity contribution in [1.29, 1.82) is 0 Å². The Balaban J connectivity index is 2.39. The van der Waals surface area contributed by atoms with Gasteiger partial charge in [-0.3, -0.25) is 0 Å². The van der Waals surface area contributed by atoms with Gasteiger partial charge >= 0.3 is 0 Å². The van der Waals surface area contributed by atoms with Crippen molar-refractivity contribution in [3.8, 4) is 0 Å². The predicted molar refractivity (Wildman–Crippen MR) is 67.1 cm³/mol. The second kappa shape index (κ2) is 5.31. The lowest BCUT2D eigenvalue weighted by atomic mass is 9.86. The van der Waals surface area contributed by atoms with Crippen LogP contribution in [0.4, 0.5) is 0 Å². The van der Waals surface area contributed by atoms with Crippen LogP contribution >= 0.6 is 0 Å². The maximum Gasteiger partial charge on any atom is 0.0240 e. The molecule has 1 aliphatic heterocycles. The number of hydrogen-bond acceptors (Lipinski definition) is 2. The highest BCUT2D eigenvalue weighted by Crippen LogP contribution is 2.22. The SMILES string of the molecule is CNC(CN1CCC(C)CC1)C(C)(C)C. The van der Waals surface area contributed by atoms with E-state index in [9.17, 15) is 0 Å². The Bertz CT molecular complexity index is 175. The number of likely N-dealkylation sites (N-methyl/N-ethyl adjacent to an activating group) is 1. The third-order valence-electron chi connectivity index (χ3n) is 3.71. The molecular weight excluding hydrogens is 184 g/mol. The van der Waals surface area contributed by atoms with Gasteiger partial charge in [-0.05, 0) is 44.3 Å². The molecule has 1 aliphatic rings. The van der Waals surface area contributed by atoms with Gasteiger partial charge in [-0.15, -0.1) is 0 Å². The smallest absolute Gasteiger partial charge is 0.0240 e. The monoisotopic (exact) mass is 212 g/mol. The van der Waals surface area contributed by atoms with Crippen LogP contribution in [0.3, 0.4) is 0 Å². The molecule has 0 aromatic carbocycles. The maximum absolute atomic E-state index is 3.46. The zero-order valence-electron chi connectivity index (χ0n) is 11.1. The first kappa shape index (κ1) is 13.0. The molecule has 0 spiro atoms. The molecule has 0 bridgehead atoms. The summed E-state index contributed by atoms with van der Waals surface area (Å²) in [6, 6.07) is 0.603. The van der Waals surface area contributed by atoms with Crippen molar-refractivity contribution in [2.75, 3.05) is 26.7 Å². The fourth-order valence-corrected chi connectivity index (χ4v) is 2.30. The molecule has 0 aromatic rings. The first-order valence-electron chi connectivity index (χ1n) is 6.33.